The minimum Gasteiger partial charge on any atom is -0.480 e. The van der Waals surface area contributed by atoms with Crippen molar-refractivity contribution in [2.24, 2.45) is 0 Å². The van der Waals surface area contributed by atoms with Gasteiger partial charge in [0, 0.05) is 30.8 Å². The normalized spacial score (nSPS) is 12.0. The summed E-state index contributed by atoms with van der Waals surface area (Å²) in [6.45, 7) is 0.445. The smallest absolute Gasteiger partial charge is 0.407 e. The van der Waals surface area contributed by atoms with E-state index in [9.17, 15) is 14.4 Å². The molecule has 0 saturated heterocycles. The summed E-state index contributed by atoms with van der Waals surface area (Å²) in [5.41, 5.74) is 4.93. The van der Waals surface area contributed by atoms with Crippen LogP contribution in [0.5, 0.6) is 0 Å². The molecule has 0 atom stereocenters. The largest absolute Gasteiger partial charge is 0.480 e. The van der Waals surface area contributed by atoms with Gasteiger partial charge in [0.05, 0.1) is 11.6 Å². The molecule has 2 amide bonds. The summed E-state index contributed by atoms with van der Waals surface area (Å²) in [4.78, 5) is 39.0. The van der Waals surface area contributed by atoms with Crippen LogP contribution in [0.4, 0.5) is 4.79 Å². The number of carbonyl (C=O) groups excluding carboxylic acids is 2. The maximum atomic E-state index is 12.3. The van der Waals surface area contributed by atoms with Crippen molar-refractivity contribution in [2.75, 3.05) is 32.9 Å². The lowest BCUT2D eigenvalue weighted by molar-refractivity contribution is -0.142. The van der Waals surface area contributed by atoms with Gasteiger partial charge in [-0.25, -0.2) is 14.6 Å². The molecule has 10 heteroatoms. The van der Waals surface area contributed by atoms with Crippen LogP contribution >= 0.6 is 11.3 Å². The van der Waals surface area contributed by atoms with Crippen LogP contribution in [0.15, 0.2) is 53.9 Å². The topological polar surface area (TPSA) is 127 Å². The lowest BCUT2D eigenvalue weighted by Crippen LogP contribution is -2.28. The summed E-state index contributed by atoms with van der Waals surface area (Å²) >= 11 is 1.32. The number of benzene rings is 2. The third-order valence-corrected chi connectivity index (χ3v) is 6.40. The number of aromatic nitrogens is 1. The fourth-order valence-corrected chi connectivity index (χ4v) is 4.72. The molecule has 3 aromatic rings. The molecular weight excluding hydrogens is 470 g/mol. The molecule has 1 aromatic heterocycles. The van der Waals surface area contributed by atoms with Gasteiger partial charge in [-0.05, 0) is 22.3 Å². The predicted molar refractivity (Wildman–Crippen MR) is 130 cm³/mol. The van der Waals surface area contributed by atoms with Crippen molar-refractivity contribution in [3.63, 3.8) is 0 Å². The molecule has 1 aliphatic carbocycles. The highest BCUT2D eigenvalue weighted by molar-refractivity contribution is 7.09. The van der Waals surface area contributed by atoms with Crippen molar-refractivity contribution in [3.8, 4) is 11.1 Å². The molecule has 3 N–H and O–H groups in total. The van der Waals surface area contributed by atoms with E-state index >= 15 is 0 Å². The summed E-state index contributed by atoms with van der Waals surface area (Å²) in [6.07, 6.45) is -0.0353. The quantitative estimate of drug-likeness (QED) is 0.349. The number of ether oxygens (including phenoxy) is 2. The second kappa shape index (κ2) is 11.6. The summed E-state index contributed by atoms with van der Waals surface area (Å²) < 4.78 is 10.4. The van der Waals surface area contributed by atoms with Crippen LogP contribution < -0.4 is 10.6 Å². The number of hydrogen-bond acceptors (Lipinski definition) is 7. The number of aliphatic carboxylic acids is 1. The summed E-state index contributed by atoms with van der Waals surface area (Å²) in [7, 11) is 0. The number of amides is 2. The summed E-state index contributed by atoms with van der Waals surface area (Å²) in [5.74, 6) is -1.43. The highest BCUT2D eigenvalue weighted by Crippen LogP contribution is 2.44. The Labute approximate surface area is 206 Å². The molecule has 2 aromatic carbocycles. The van der Waals surface area contributed by atoms with Crippen LogP contribution in [0.1, 0.15) is 32.5 Å². The van der Waals surface area contributed by atoms with Crippen LogP contribution in [-0.2, 0) is 20.7 Å². The highest BCUT2D eigenvalue weighted by Gasteiger charge is 2.28. The molecule has 0 unspecified atom stereocenters. The third kappa shape index (κ3) is 6.23. The Morgan fingerprint density at radius 1 is 0.971 bits per heavy atom. The average molecular weight is 496 g/mol. The lowest BCUT2D eigenvalue weighted by atomic mass is 9.98. The molecule has 1 aliphatic rings. The average Bonchev–Trinajstić information content (AvgIpc) is 3.45. The van der Waals surface area contributed by atoms with E-state index in [0.717, 1.165) is 11.1 Å². The Hall–Kier alpha value is -3.76. The standard InChI is InChI=1S/C25H25N3O6S/c29-23(30)14-33-12-11-26-24(31)21-15-35-22(28-21)9-10-27-25(32)34-13-20-18-7-3-1-5-16(18)17-6-2-4-8-19(17)20/h1-8,15,20H,9-14H2,(H,26,31)(H,27,32)(H,29,30). The van der Waals surface area contributed by atoms with Crippen LogP contribution in [0.3, 0.4) is 0 Å². The third-order valence-electron chi connectivity index (χ3n) is 5.49. The van der Waals surface area contributed by atoms with Gasteiger partial charge in [-0.2, -0.15) is 0 Å². The van der Waals surface area contributed by atoms with Gasteiger partial charge in [0.2, 0.25) is 0 Å². The molecular formula is C25H25N3O6S. The van der Waals surface area contributed by atoms with Gasteiger partial charge in [0.15, 0.2) is 0 Å². The van der Waals surface area contributed by atoms with Gasteiger partial charge in [-0.1, -0.05) is 48.5 Å². The number of nitrogens with zero attached hydrogens (tertiary/aromatic N) is 1. The zero-order chi connectivity index (χ0) is 24.6. The van der Waals surface area contributed by atoms with Gasteiger partial charge in [0.25, 0.3) is 5.91 Å². The molecule has 0 spiro atoms. The van der Waals surface area contributed by atoms with E-state index in [2.05, 4.69) is 39.9 Å². The number of fused-ring (bicyclic) bond motifs is 3. The Bertz CT molecular complexity index is 1170. The zero-order valence-electron chi connectivity index (χ0n) is 18.9. The van der Waals surface area contributed by atoms with Crippen molar-refractivity contribution < 1.29 is 29.0 Å². The van der Waals surface area contributed by atoms with Gasteiger partial charge < -0.3 is 25.2 Å². The second-order valence-corrected chi connectivity index (χ2v) is 8.77. The van der Waals surface area contributed by atoms with Crippen molar-refractivity contribution in [2.45, 2.75) is 12.3 Å². The van der Waals surface area contributed by atoms with Crippen LogP contribution in [-0.4, -0.2) is 61.0 Å². The number of carbonyl (C=O) groups is 3. The maximum absolute atomic E-state index is 12.3. The van der Waals surface area contributed by atoms with Gasteiger partial charge >= 0.3 is 12.1 Å². The number of carboxylic acid groups (broad SMARTS) is 1. The van der Waals surface area contributed by atoms with Crippen molar-refractivity contribution in [1.29, 1.82) is 0 Å². The van der Waals surface area contributed by atoms with E-state index < -0.39 is 18.7 Å². The molecule has 0 radical (unpaired) electrons. The van der Waals surface area contributed by atoms with Gasteiger partial charge in [0.1, 0.15) is 18.9 Å². The van der Waals surface area contributed by atoms with Crippen molar-refractivity contribution >= 4 is 29.3 Å². The summed E-state index contributed by atoms with van der Waals surface area (Å²) in [6, 6.07) is 16.3. The number of rotatable bonds is 11. The van der Waals surface area contributed by atoms with E-state index in [1.807, 2.05) is 24.3 Å². The van der Waals surface area contributed by atoms with Gasteiger partial charge in [-0.3, -0.25) is 4.79 Å². The van der Waals surface area contributed by atoms with Crippen molar-refractivity contribution in [1.82, 2.24) is 15.6 Å². The fourth-order valence-electron chi connectivity index (χ4n) is 3.94. The minimum absolute atomic E-state index is 0.00251. The summed E-state index contributed by atoms with van der Waals surface area (Å²) in [5, 5.41) is 16.2. The molecule has 35 heavy (non-hydrogen) atoms. The zero-order valence-corrected chi connectivity index (χ0v) is 19.7. The molecule has 4 rings (SSSR count). The number of thiazole rings is 1. The van der Waals surface area contributed by atoms with E-state index in [1.54, 1.807) is 5.38 Å². The molecule has 9 nitrogen and oxygen atoms in total. The van der Waals surface area contributed by atoms with Crippen LogP contribution in [0.25, 0.3) is 11.1 Å². The molecule has 0 aliphatic heterocycles. The van der Waals surface area contributed by atoms with Crippen LogP contribution in [0.2, 0.25) is 0 Å². The second-order valence-electron chi connectivity index (χ2n) is 7.83. The number of carboxylic acids is 1. The Kier molecular flexibility index (Phi) is 8.07. The number of nitrogens with one attached hydrogen (secondary N) is 2. The van der Waals surface area contributed by atoms with E-state index in [1.165, 1.54) is 22.5 Å². The Balaban J connectivity index is 1.19. The first-order chi connectivity index (χ1) is 17.0. The Morgan fingerprint density at radius 3 is 2.34 bits per heavy atom. The SMILES string of the molecule is O=C(O)COCCNC(=O)c1csc(CCNC(=O)OCC2c3ccccc3-c3ccccc32)n1. The molecule has 0 saturated carbocycles. The highest BCUT2D eigenvalue weighted by atomic mass is 32.1. The Morgan fingerprint density at radius 2 is 1.66 bits per heavy atom. The fraction of sp³-hybridized carbons (Fsp3) is 0.280. The first-order valence-electron chi connectivity index (χ1n) is 11.1. The maximum Gasteiger partial charge on any atom is 0.407 e. The van der Waals surface area contributed by atoms with Gasteiger partial charge in [-0.15, -0.1) is 11.3 Å². The molecule has 0 bridgehead atoms. The first-order valence-corrected chi connectivity index (χ1v) is 12.0. The van der Waals surface area contributed by atoms with Crippen LogP contribution in [0, 0.1) is 0 Å². The molecule has 0 fully saturated rings. The monoisotopic (exact) mass is 495 g/mol. The molecule has 182 valence electrons. The molecule has 1 heterocycles. The van der Waals surface area contributed by atoms with E-state index in [0.29, 0.717) is 18.0 Å². The van der Waals surface area contributed by atoms with E-state index in [-0.39, 0.29) is 37.3 Å². The lowest BCUT2D eigenvalue weighted by Gasteiger charge is -2.14. The first kappa shape index (κ1) is 24.4. The van der Waals surface area contributed by atoms with Crippen molar-refractivity contribution in [3.05, 3.63) is 75.7 Å². The minimum atomic E-state index is -1.06. The number of alkyl carbamates (subject to hydrolysis) is 1. The number of hydrogen-bond donors (Lipinski definition) is 3. The predicted octanol–water partition coefficient (Wildman–Crippen LogP) is 3.06. The van der Waals surface area contributed by atoms with E-state index in [4.69, 9.17) is 14.6 Å².